The molecule has 718 valence electrons. The van der Waals surface area contributed by atoms with Crippen LogP contribution in [-0.4, -0.2) is 188 Å². The van der Waals surface area contributed by atoms with Gasteiger partial charge in [0.15, 0.2) is 0 Å². The highest BCUT2D eigenvalue weighted by molar-refractivity contribution is 9.10. The molecule has 2 radical (unpaired) electrons. The number of aromatic nitrogens is 10. The van der Waals surface area contributed by atoms with E-state index in [0.717, 1.165) is 81.9 Å². The number of benzene rings is 7. The van der Waals surface area contributed by atoms with E-state index in [2.05, 4.69) is 100 Å². The number of amides is 3. The SMILES string of the molecule is C.C#CC.CC(C)(O)C(C)(C)O.COc1cc(-n2cnc3cc(-c4cnn(C)c4)ccc32)cc(OC(F)F)c1C(=O)NC1CC1.COc1cc(Br)cc(OC(F)F)c1C(=O)NC1CC1.COc1cc(Nc2ccc(-c3cnn(C)c3)cc2N)cc(OC(F)F)c1C(=O)NC1CC1.Cn1cc(-c2ccc(N)c(N)c2)cn1.Nc1ccc(Br)cc1N.O.O.O.O.O.O.[B]c1cnn(C)c1. The monoisotopic (exact) mass is 1980 g/mol. The summed E-state index contributed by atoms with van der Waals surface area (Å²) in [5, 5.41) is 45.8. The van der Waals surface area contributed by atoms with Crippen molar-refractivity contribution in [2.24, 2.45) is 28.2 Å². The van der Waals surface area contributed by atoms with Crippen LogP contribution in [0.15, 0.2) is 174 Å². The quantitative estimate of drug-likeness (QED) is 0.0130. The normalized spacial score (nSPS) is 11.8. The zero-order chi connectivity index (χ0) is 91.9. The summed E-state index contributed by atoms with van der Waals surface area (Å²) >= 11 is 6.41. The summed E-state index contributed by atoms with van der Waals surface area (Å²) in [6, 6.07) is 31.1. The smallest absolute Gasteiger partial charge is 0.387 e. The van der Waals surface area contributed by atoms with Gasteiger partial charge in [0.25, 0.3) is 17.7 Å². The molecule has 3 saturated carbocycles. The molecule has 3 amide bonds. The van der Waals surface area contributed by atoms with Crippen molar-refractivity contribution in [1.29, 1.82) is 0 Å². The van der Waals surface area contributed by atoms with E-state index >= 15 is 0 Å². The lowest BCUT2D eigenvalue weighted by molar-refractivity contribution is -0.107. The molecule has 45 heteroatoms. The molecule has 5 heterocycles. The molecule has 36 nitrogen and oxygen atoms in total. The van der Waals surface area contributed by atoms with Crippen LogP contribution in [0.4, 0.5) is 66.2 Å². The Morgan fingerprint density at radius 3 is 1.17 bits per heavy atom. The Morgan fingerprint density at radius 2 is 0.818 bits per heavy atom. The van der Waals surface area contributed by atoms with Crippen LogP contribution in [0.3, 0.4) is 0 Å². The zero-order valence-electron chi connectivity index (χ0n) is 73.4. The van der Waals surface area contributed by atoms with Crippen LogP contribution in [0.5, 0.6) is 34.5 Å². The number of rotatable bonds is 22. The molecule has 0 saturated heterocycles. The Balaban J connectivity index is 0.000000811. The van der Waals surface area contributed by atoms with Gasteiger partial charge in [0.2, 0.25) is 0 Å². The number of aryl methyl sites for hydroxylation is 4. The van der Waals surface area contributed by atoms with Crippen LogP contribution < -0.4 is 83.8 Å². The fraction of sp³-hybridized carbons (Fsp3) is 0.310. The van der Waals surface area contributed by atoms with E-state index in [9.17, 15) is 40.7 Å². The molecule has 3 fully saturated rings. The number of halogens is 8. The van der Waals surface area contributed by atoms with Crippen LogP contribution in [0.25, 0.3) is 50.1 Å². The van der Waals surface area contributed by atoms with Gasteiger partial charge in [-0.3, -0.25) is 37.7 Å². The molecular formula is C87H114BBr2F6N19O17. The number of hydrogen-bond donors (Lipinski definition) is 11. The molecule has 0 spiro atoms. The van der Waals surface area contributed by atoms with Gasteiger partial charge in [-0.05, 0) is 157 Å². The second-order valence-electron chi connectivity index (χ2n) is 29.4. The Morgan fingerprint density at radius 1 is 0.477 bits per heavy atom. The molecule has 12 aromatic rings. The van der Waals surface area contributed by atoms with E-state index in [1.54, 1.807) is 132 Å². The Labute approximate surface area is 776 Å². The lowest BCUT2D eigenvalue weighted by atomic mass is 9.90. The molecule has 5 aromatic heterocycles. The van der Waals surface area contributed by atoms with E-state index in [4.69, 9.17) is 65.7 Å². The number of imidazole rings is 1. The van der Waals surface area contributed by atoms with Crippen molar-refractivity contribution in [3.8, 4) is 85.9 Å². The van der Waals surface area contributed by atoms with Crippen LogP contribution in [0, 0.1) is 12.3 Å². The van der Waals surface area contributed by atoms with Gasteiger partial charge in [0.05, 0.1) is 102 Å². The van der Waals surface area contributed by atoms with Gasteiger partial charge in [-0.1, -0.05) is 62.9 Å². The van der Waals surface area contributed by atoms with Crippen molar-refractivity contribution >= 4 is 114 Å². The van der Waals surface area contributed by atoms with Crippen LogP contribution in [0.1, 0.15) is 112 Å². The number of hydrogen-bond acceptors (Lipinski definition) is 22. The number of nitrogens with one attached hydrogen (secondary N) is 4. The minimum Gasteiger partial charge on any atom is -0.496 e. The number of nitrogens with two attached hydrogens (primary N) is 5. The number of carbonyl (C=O) groups excluding carboxylic acids is 3. The first-order chi connectivity index (χ1) is 59.1. The number of fused-ring (bicyclic) bond motifs is 1. The summed E-state index contributed by atoms with van der Waals surface area (Å²) in [5.41, 5.74) is 38.5. The Hall–Kier alpha value is -13.3. The molecule has 3 aliphatic carbocycles. The number of ether oxygens (including phenoxy) is 6. The maximum absolute atomic E-state index is 13.2. The fourth-order valence-electron chi connectivity index (χ4n) is 11.0. The maximum atomic E-state index is 13.2. The second-order valence-corrected chi connectivity index (χ2v) is 31.2. The number of nitrogen functional groups attached to an aromatic ring is 5. The maximum Gasteiger partial charge on any atom is 0.387 e. The molecule has 0 atom stereocenters. The van der Waals surface area contributed by atoms with Gasteiger partial charge >= 0.3 is 19.8 Å². The first kappa shape index (κ1) is 117. The van der Waals surface area contributed by atoms with E-state index in [1.165, 1.54) is 51.7 Å². The fourth-order valence-corrected chi connectivity index (χ4v) is 11.8. The second kappa shape index (κ2) is 53.1. The summed E-state index contributed by atoms with van der Waals surface area (Å²) in [7, 11) is 16.8. The predicted molar refractivity (Wildman–Crippen MR) is 506 cm³/mol. The summed E-state index contributed by atoms with van der Waals surface area (Å²) in [4.78, 5) is 41.9. The third-order valence-corrected chi connectivity index (χ3v) is 19.5. The summed E-state index contributed by atoms with van der Waals surface area (Å²) < 4.78 is 117. The van der Waals surface area contributed by atoms with Gasteiger partial charge in [-0.2, -0.15) is 46.7 Å². The lowest BCUT2D eigenvalue weighted by Crippen LogP contribution is -2.44. The lowest BCUT2D eigenvalue weighted by Gasteiger charge is -2.31. The first-order valence-electron chi connectivity index (χ1n) is 38.3. The van der Waals surface area contributed by atoms with Crippen LogP contribution >= 0.6 is 31.9 Å². The minimum absolute atomic E-state index is 0. The molecule has 0 bridgehead atoms. The van der Waals surface area contributed by atoms with Crippen LogP contribution in [0.2, 0.25) is 0 Å². The average Bonchev–Trinajstić information content (AvgIpc) is 1.54. The van der Waals surface area contributed by atoms with Gasteiger partial charge in [0.1, 0.15) is 65.4 Å². The van der Waals surface area contributed by atoms with Crippen molar-refractivity contribution in [2.75, 3.05) is 55.3 Å². The molecule has 0 aliphatic heterocycles. The molecular weight excluding hydrogens is 1870 g/mol. The number of nitrogens with zero attached hydrogens (tertiary/aromatic N) is 10. The van der Waals surface area contributed by atoms with Gasteiger partial charge in [0, 0.05) is 133 Å². The molecule has 28 N–H and O–H groups in total. The van der Waals surface area contributed by atoms with Crippen molar-refractivity contribution in [3.05, 3.63) is 191 Å². The van der Waals surface area contributed by atoms with Crippen molar-refractivity contribution in [2.45, 2.75) is 130 Å². The first-order valence-corrected chi connectivity index (χ1v) is 39.9. The highest BCUT2D eigenvalue weighted by Gasteiger charge is 2.34. The number of alkyl halides is 6. The van der Waals surface area contributed by atoms with Crippen molar-refractivity contribution in [3.63, 3.8) is 0 Å². The predicted octanol–water partition coefficient (Wildman–Crippen LogP) is 9.73. The molecule has 132 heavy (non-hydrogen) atoms. The number of anilines is 7. The van der Waals surface area contributed by atoms with E-state index in [1.807, 2.05) is 89.2 Å². The summed E-state index contributed by atoms with van der Waals surface area (Å²) in [6.07, 6.45) is 25.8. The van der Waals surface area contributed by atoms with Gasteiger partial charge in [-0.15, -0.1) is 12.3 Å². The van der Waals surface area contributed by atoms with Crippen LogP contribution in [-0.2, 0) is 28.2 Å². The van der Waals surface area contributed by atoms with E-state index < -0.39 is 48.8 Å². The molecule has 3 aliphatic rings. The molecule has 7 aromatic carbocycles. The summed E-state index contributed by atoms with van der Waals surface area (Å²) in [5.74, 6) is 0.423. The topological polar surface area (TPSA) is 603 Å². The highest BCUT2D eigenvalue weighted by Crippen LogP contribution is 2.41. The van der Waals surface area contributed by atoms with E-state index in [0.29, 0.717) is 61.0 Å². The van der Waals surface area contributed by atoms with Gasteiger partial charge < -0.3 is 121 Å². The third-order valence-electron chi connectivity index (χ3n) is 18.5. The standard InChI is InChI=1S/C23H21F2N5O3.C22H23F2N5O3.C12H12BrF2NO3.C10H12N4.C6H7BrN2.C6H14O2.C4H5BN2.C3H4.CH4.6H2O/c1-29-11-14(10-27-29)13-3-6-18-17(7-13)26-12-30(18)16-8-19(32-2)21(20(9-16)33-23(24)25)22(31)28-15-4-5-15;1-29-11-13(10-26-29)12-3-6-17(16(25)7-12)27-15-8-18(31-2)20(19(9-15)32-22(23)24)21(30)28-14-4-5-14;1-18-8-4-6(13)5-9(19-12(14)15)10(8)11(17)16-7-2-3-7;1-14-6-8(5-13-14)7-2-3-9(11)10(12)4-7;7-4-1-2-5(8)6(9)3-4;1-5(2,7)6(3,4)8;1-7-3-4(5)2-6-7;1-3-2;;;;;;;/h3,6-12,15,23H,4-5H2,1-2H3,(H,28,31);3,6-11,14,22,27H,4-5,25H2,1-2H3,(H,28,30);4-5,7,12H,2-3H2,1H3,(H,16,17);2-6H,11-12H2,1H3;1-3H,8-9H2;7-8H,1-4H3;2-3H,1H3;1H,2H3;1H4;6*1H2. The Kier molecular flexibility index (Phi) is 47.0. The van der Waals surface area contributed by atoms with Crippen molar-refractivity contribution in [1.82, 2.24) is 64.6 Å². The summed E-state index contributed by atoms with van der Waals surface area (Å²) in [6.45, 7) is -1.25. The highest BCUT2D eigenvalue weighted by atomic mass is 79.9. The number of terminal acetylenes is 1. The van der Waals surface area contributed by atoms with E-state index in [-0.39, 0.29) is 110 Å². The number of methoxy groups -OCH3 is 3. The minimum atomic E-state index is -3.11. The Bertz CT molecular complexity index is 5690. The molecule has 15 rings (SSSR count). The number of aliphatic hydroxyl groups is 2. The molecule has 0 unspecified atom stereocenters. The average molecular weight is 1980 g/mol. The zero-order valence-corrected chi connectivity index (χ0v) is 76.6. The van der Waals surface area contributed by atoms with Gasteiger partial charge in [-0.25, -0.2) is 4.98 Å². The number of carbonyl (C=O) groups is 3. The largest absolute Gasteiger partial charge is 0.496 e. The van der Waals surface area contributed by atoms with Crippen molar-refractivity contribution < 1.29 is 112 Å². The third kappa shape index (κ3) is 34.9.